The van der Waals surface area contributed by atoms with E-state index in [9.17, 15) is 4.79 Å². The van der Waals surface area contributed by atoms with E-state index in [0.717, 1.165) is 15.6 Å². The minimum Gasteiger partial charge on any atom is -0.481 e. The van der Waals surface area contributed by atoms with Gasteiger partial charge in [-0.1, -0.05) is 35.0 Å². The zero-order valence-electron chi connectivity index (χ0n) is 10.5. The third-order valence-corrected chi connectivity index (χ3v) is 3.68. The first kappa shape index (κ1) is 13.7. The molecule has 6 nitrogen and oxygen atoms in total. The van der Waals surface area contributed by atoms with E-state index in [1.807, 2.05) is 25.1 Å². The van der Waals surface area contributed by atoms with Crippen LogP contribution >= 0.6 is 15.9 Å². The Bertz CT molecular complexity index is 612. The van der Waals surface area contributed by atoms with E-state index in [-0.39, 0.29) is 6.54 Å². The summed E-state index contributed by atoms with van der Waals surface area (Å²) in [5.41, 5.74) is 1.96. The van der Waals surface area contributed by atoms with Crippen molar-refractivity contribution in [3.8, 4) is 11.4 Å². The summed E-state index contributed by atoms with van der Waals surface area (Å²) in [6, 6.07) is 5.79. The molecule has 1 unspecified atom stereocenters. The first-order valence-corrected chi connectivity index (χ1v) is 6.54. The van der Waals surface area contributed by atoms with Crippen molar-refractivity contribution >= 4 is 21.9 Å². The zero-order valence-corrected chi connectivity index (χ0v) is 12.1. The fraction of sp³-hybridized carbons (Fsp3) is 0.333. The summed E-state index contributed by atoms with van der Waals surface area (Å²) in [6.45, 7) is 3.85. The first-order chi connectivity index (χ1) is 8.99. The number of aromatic nitrogens is 4. The predicted octanol–water partition coefficient (Wildman–Crippen LogP) is 2.13. The van der Waals surface area contributed by atoms with Gasteiger partial charge in [-0.3, -0.25) is 4.79 Å². The molecule has 2 rings (SSSR count). The lowest BCUT2D eigenvalue weighted by Gasteiger charge is -2.08. The van der Waals surface area contributed by atoms with E-state index in [1.54, 1.807) is 6.92 Å². The monoisotopic (exact) mass is 324 g/mol. The number of aliphatic carboxylic acids is 1. The van der Waals surface area contributed by atoms with Gasteiger partial charge in [-0.05, 0) is 29.0 Å². The van der Waals surface area contributed by atoms with Crippen LogP contribution in [0.1, 0.15) is 12.5 Å². The molecule has 0 aliphatic heterocycles. The van der Waals surface area contributed by atoms with E-state index in [4.69, 9.17) is 5.11 Å². The van der Waals surface area contributed by atoms with Crippen LogP contribution in [0.3, 0.4) is 0 Å². The maximum Gasteiger partial charge on any atom is 0.308 e. The molecule has 1 N–H and O–H groups in total. The van der Waals surface area contributed by atoms with Crippen molar-refractivity contribution in [2.75, 3.05) is 0 Å². The molecule has 0 saturated heterocycles. The van der Waals surface area contributed by atoms with Crippen LogP contribution in [0.2, 0.25) is 0 Å². The summed E-state index contributed by atoms with van der Waals surface area (Å²) in [4.78, 5) is 10.9. The molecule has 0 aliphatic rings. The second kappa shape index (κ2) is 5.48. The van der Waals surface area contributed by atoms with Crippen LogP contribution in [0, 0.1) is 12.8 Å². The van der Waals surface area contributed by atoms with Crippen molar-refractivity contribution in [2.24, 2.45) is 5.92 Å². The SMILES string of the molecule is Cc1ccc(-c2nnnn2CC(C)C(=O)O)cc1Br. The number of aryl methyl sites for hydroxylation is 1. The lowest BCUT2D eigenvalue weighted by molar-refractivity contribution is -0.141. The molecule has 19 heavy (non-hydrogen) atoms. The van der Waals surface area contributed by atoms with Gasteiger partial charge in [0.25, 0.3) is 0 Å². The van der Waals surface area contributed by atoms with E-state index in [1.165, 1.54) is 4.68 Å². The number of benzene rings is 1. The Morgan fingerprint density at radius 3 is 2.89 bits per heavy atom. The predicted molar refractivity (Wildman–Crippen MR) is 72.5 cm³/mol. The van der Waals surface area contributed by atoms with Crippen LogP contribution < -0.4 is 0 Å². The fourth-order valence-corrected chi connectivity index (χ4v) is 1.98. The van der Waals surface area contributed by atoms with E-state index in [0.29, 0.717) is 5.82 Å². The highest BCUT2D eigenvalue weighted by Crippen LogP contribution is 2.24. The van der Waals surface area contributed by atoms with Crippen LogP contribution in [0.5, 0.6) is 0 Å². The molecule has 100 valence electrons. The topological polar surface area (TPSA) is 80.9 Å². The summed E-state index contributed by atoms with van der Waals surface area (Å²) in [5.74, 6) is -0.850. The minimum absolute atomic E-state index is 0.239. The van der Waals surface area contributed by atoms with Gasteiger partial charge >= 0.3 is 5.97 Å². The number of hydrogen-bond acceptors (Lipinski definition) is 4. The van der Waals surface area contributed by atoms with Gasteiger partial charge in [-0.2, -0.15) is 0 Å². The number of halogens is 1. The molecule has 0 spiro atoms. The maximum atomic E-state index is 10.9. The number of rotatable bonds is 4. The Balaban J connectivity index is 2.33. The molecular formula is C12H13BrN4O2. The van der Waals surface area contributed by atoms with Crippen molar-refractivity contribution in [2.45, 2.75) is 20.4 Å². The van der Waals surface area contributed by atoms with Gasteiger partial charge in [0.1, 0.15) is 0 Å². The molecule has 1 heterocycles. The normalized spacial score (nSPS) is 12.4. The van der Waals surface area contributed by atoms with Gasteiger partial charge in [0.05, 0.1) is 12.5 Å². The van der Waals surface area contributed by atoms with Crippen molar-refractivity contribution in [1.29, 1.82) is 0 Å². The maximum absolute atomic E-state index is 10.9. The van der Waals surface area contributed by atoms with Crippen molar-refractivity contribution in [3.05, 3.63) is 28.2 Å². The average Bonchev–Trinajstić information content (AvgIpc) is 2.80. The molecule has 0 saturated carbocycles. The van der Waals surface area contributed by atoms with E-state index < -0.39 is 11.9 Å². The van der Waals surface area contributed by atoms with E-state index >= 15 is 0 Å². The highest BCUT2D eigenvalue weighted by atomic mass is 79.9. The lowest BCUT2D eigenvalue weighted by Crippen LogP contribution is -2.18. The van der Waals surface area contributed by atoms with Gasteiger partial charge in [0, 0.05) is 10.0 Å². The third-order valence-electron chi connectivity index (χ3n) is 2.83. The molecule has 7 heteroatoms. The first-order valence-electron chi connectivity index (χ1n) is 5.74. The van der Waals surface area contributed by atoms with Crippen LogP contribution in [-0.2, 0) is 11.3 Å². The van der Waals surface area contributed by atoms with Gasteiger partial charge < -0.3 is 5.11 Å². The smallest absolute Gasteiger partial charge is 0.308 e. The largest absolute Gasteiger partial charge is 0.481 e. The molecule has 0 aliphatic carbocycles. The number of carbonyl (C=O) groups is 1. The number of carboxylic acid groups (broad SMARTS) is 1. The lowest BCUT2D eigenvalue weighted by atomic mass is 10.1. The zero-order chi connectivity index (χ0) is 14.0. The second-order valence-corrected chi connectivity index (χ2v) is 5.24. The average molecular weight is 325 g/mol. The Hall–Kier alpha value is -1.76. The molecular weight excluding hydrogens is 312 g/mol. The molecule has 0 fully saturated rings. The van der Waals surface area contributed by atoms with Crippen LogP contribution in [-0.4, -0.2) is 31.3 Å². The molecule has 2 aromatic rings. The Labute approximate surface area is 118 Å². The van der Waals surface area contributed by atoms with Gasteiger partial charge in [-0.25, -0.2) is 4.68 Å². The number of carboxylic acids is 1. The Kier molecular flexibility index (Phi) is 3.94. The summed E-state index contributed by atoms with van der Waals surface area (Å²) >= 11 is 3.46. The van der Waals surface area contributed by atoms with Crippen LogP contribution in [0.4, 0.5) is 0 Å². The van der Waals surface area contributed by atoms with Crippen molar-refractivity contribution in [1.82, 2.24) is 20.2 Å². The summed E-state index contributed by atoms with van der Waals surface area (Å²) in [7, 11) is 0. The molecule has 0 amide bonds. The molecule has 0 bridgehead atoms. The number of nitrogens with zero attached hydrogens (tertiary/aromatic N) is 4. The Morgan fingerprint density at radius 2 is 2.26 bits per heavy atom. The molecule has 0 radical (unpaired) electrons. The standard InChI is InChI=1S/C12H13BrN4O2/c1-7-3-4-9(5-10(7)13)11-14-15-16-17(11)6-8(2)12(18)19/h3-5,8H,6H2,1-2H3,(H,18,19). The van der Waals surface area contributed by atoms with Gasteiger partial charge in [0.15, 0.2) is 5.82 Å². The van der Waals surface area contributed by atoms with Crippen LogP contribution in [0.25, 0.3) is 11.4 Å². The van der Waals surface area contributed by atoms with Crippen LogP contribution in [0.15, 0.2) is 22.7 Å². The minimum atomic E-state index is -0.869. The third kappa shape index (κ3) is 2.98. The summed E-state index contributed by atoms with van der Waals surface area (Å²) in [6.07, 6.45) is 0. The fourth-order valence-electron chi connectivity index (χ4n) is 1.60. The molecule has 1 aromatic carbocycles. The second-order valence-electron chi connectivity index (χ2n) is 4.39. The van der Waals surface area contributed by atoms with Crippen molar-refractivity contribution < 1.29 is 9.90 Å². The number of tetrazole rings is 1. The molecule has 1 atom stereocenters. The molecule has 1 aromatic heterocycles. The highest BCUT2D eigenvalue weighted by molar-refractivity contribution is 9.10. The van der Waals surface area contributed by atoms with E-state index in [2.05, 4.69) is 31.5 Å². The summed E-state index contributed by atoms with van der Waals surface area (Å²) < 4.78 is 2.47. The van der Waals surface area contributed by atoms with Gasteiger partial charge in [0.2, 0.25) is 0 Å². The quantitative estimate of drug-likeness (QED) is 0.931. The van der Waals surface area contributed by atoms with Gasteiger partial charge in [-0.15, -0.1) is 5.10 Å². The number of hydrogen-bond donors (Lipinski definition) is 1. The summed E-state index contributed by atoms with van der Waals surface area (Å²) in [5, 5.41) is 20.4. The highest BCUT2D eigenvalue weighted by Gasteiger charge is 2.16. The Morgan fingerprint density at radius 1 is 1.53 bits per heavy atom. The van der Waals surface area contributed by atoms with Crippen molar-refractivity contribution in [3.63, 3.8) is 0 Å².